The normalized spacial score (nSPS) is 14.2. The first-order valence-corrected chi connectivity index (χ1v) is 11.4. The van der Waals surface area contributed by atoms with Crippen molar-refractivity contribution < 1.29 is 9.57 Å². The van der Waals surface area contributed by atoms with Crippen molar-refractivity contribution in [2.24, 2.45) is 0 Å². The highest BCUT2D eigenvalue weighted by molar-refractivity contribution is 5.86. The fraction of sp³-hybridized carbons (Fsp3) is 0.269. The molecular formula is C26H27N5O3. The number of benzene rings is 2. The molecule has 8 heteroatoms. The van der Waals surface area contributed by atoms with Crippen LogP contribution in [0.3, 0.4) is 0 Å². The number of fused-ring (bicyclic) bond motifs is 1. The van der Waals surface area contributed by atoms with Crippen LogP contribution in [0.15, 0.2) is 77.7 Å². The number of morpholine rings is 1. The van der Waals surface area contributed by atoms with Crippen molar-refractivity contribution in [1.29, 1.82) is 0 Å². The summed E-state index contributed by atoms with van der Waals surface area (Å²) in [6.07, 6.45) is 1.64. The summed E-state index contributed by atoms with van der Waals surface area (Å²) >= 11 is 0. The molecule has 0 aliphatic carbocycles. The molecule has 1 fully saturated rings. The number of nitrogens with zero attached hydrogens (tertiary/aromatic N) is 4. The van der Waals surface area contributed by atoms with Gasteiger partial charge in [0.15, 0.2) is 5.65 Å². The van der Waals surface area contributed by atoms with Crippen LogP contribution >= 0.6 is 0 Å². The Kier molecular flexibility index (Phi) is 6.78. The van der Waals surface area contributed by atoms with Gasteiger partial charge in [-0.3, -0.25) is 4.90 Å². The first kappa shape index (κ1) is 22.1. The third-order valence-corrected chi connectivity index (χ3v) is 5.78. The van der Waals surface area contributed by atoms with E-state index in [1.807, 2.05) is 42.5 Å². The minimum Gasteiger partial charge on any atom is -0.403 e. The van der Waals surface area contributed by atoms with Gasteiger partial charge in [-0.15, -0.1) is 4.73 Å². The number of pyridine rings is 1. The Morgan fingerprint density at radius 2 is 1.74 bits per heavy atom. The third kappa shape index (κ3) is 5.24. The van der Waals surface area contributed by atoms with Gasteiger partial charge in [0.2, 0.25) is 0 Å². The highest BCUT2D eigenvalue weighted by Crippen LogP contribution is 2.18. The van der Waals surface area contributed by atoms with Crippen LogP contribution in [0.4, 0.5) is 5.82 Å². The molecule has 3 heterocycles. The molecule has 8 nitrogen and oxygen atoms in total. The van der Waals surface area contributed by atoms with Crippen LogP contribution in [0.2, 0.25) is 0 Å². The molecule has 2 aromatic heterocycles. The quantitative estimate of drug-likeness (QED) is 0.436. The molecule has 34 heavy (non-hydrogen) atoms. The number of hydrogen-bond donors (Lipinski definition) is 1. The van der Waals surface area contributed by atoms with Crippen molar-refractivity contribution >= 4 is 16.9 Å². The molecule has 1 N–H and O–H groups in total. The number of hydrogen-bond acceptors (Lipinski definition) is 7. The second kappa shape index (κ2) is 10.5. The largest absolute Gasteiger partial charge is 0.403 e. The Morgan fingerprint density at radius 3 is 2.59 bits per heavy atom. The Bertz CT molecular complexity index is 1300. The standard InChI is InChI=1S/C26H27N5O3/c32-26-29-24(28-17-21-8-4-9-22(16-21)18-30-12-14-33-15-13-30)23-10-5-11-27-25(23)31(26)34-19-20-6-2-1-3-7-20/h1-11,16H,12-15,17-19H2,(H,28,29,32). The SMILES string of the molecule is O=c1nc(NCc2cccc(CN3CCOCC3)c2)c2cccnc2n1OCc1ccccc1. The van der Waals surface area contributed by atoms with Crippen LogP contribution in [-0.2, 0) is 24.4 Å². The summed E-state index contributed by atoms with van der Waals surface area (Å²) in [7, 11) is 0. The van der Waals surface area contributed by atoms with E-state index < -0.39 is 5.69 Å². The van der Waals surface area contributed by atoms with E-state index in [1.165, 1.54) is 5.56 Å². The van der Waals surface area contributed by atoms with Crippen molar-refractivity contribution in [2.75, 3.05) is 31.6 Å². The third-order valence-electron chi connectivity index (χ3n) is 5.78. The van der Waals surface area contributed by atoms with Gasteiger partial charge in [-0.2, -0.15) is 4.98 Å². The Labute approximate surface area is 197 Å². The molecule has 0 atom stereocenters. The number of nitrogens with one attached hydrogen (secondary N) is 1. The monoisotopic (exact) mass is 457 g/mol. The fourth-order valence-corrected chi connectivity index (χ4v) is 4.04. The average molecular weight is 458 g/mol. The number of ether oxygens (including phenoxy) is 1. The van der Waals surface area contributed by atoms with E-state index >= 15 is 0 Å². The summed E-state index contributed by atoms with van der Waals surface area (Å²) in [5.74, 6) is 0.492. The van der Waals surface area contributed by atoms with Gasteiger partial charge < -0.3 is 14.9 Å². The van der Waals surface area contributed by atoms with E-state index in [0.29, 0.717) is 18.0 Å². The van der Waals surface area contributed by atoms with Crippen molar-refractivity contribution in [2.45, 2.75) is 19.7 Å². The Morgan fingerprint density at radius 1 is 0.941 bits per heavy atom. The summed E-state index contributed by atoms with van der Waals surface area (Å²) in [6.45, 7) is 5.17. The highest BCUT2D eigenvalue weighted by Gasteiger charge is 2.14. The zero-order valence-electron chi connectivity index (χ0n) is 18.9. The fourth-order valence-electron chi connectivity index (χ4n) is 4.04. The molecule has 1 saturated heterocycles. The lowest BCUT2D eigenvalue weighted by Gasteiger charge is -2.26. The maximum Gasteiger partial charge on any atom is 0.384 e. The van der Waals surface area contributed by atoms with Crippen LogP contribution in [0, 0.1) is 0 Å². The summed E-state index contributed by atoms with van der Waals surface area (Å²) in [6, 6.07) is 21.8. The lowest BCUT2D eigenvalue weighted by molar-refractivity contribution is 0.0342. The van der Waals surface area contributed by atoms with E-state index in [-0.39, 0.29) is 6.61 Å². The highest BCUT2D eigenvalue weighted by atomic mass is 16.7. The van der Waals surface area contributed by atoms with E-state index in [1.54, 1.807) is 6.20 Å². The molecule has 174 valence electrons. The molecule has 2 aromatic carbocycles. The van der Waals surface area contributed by atoms with Crippen LogP contribution < -0.4 is 15.8 Å². The second-order valence-corrected chi connectivity index (χ2v) is 8.23. The number of anilines is 1. The van der Waals surface area contributed by atoms with Crippen molar-refractivity contribution in [3.8, 4) is 0 Å². The summed E-state index contributed by atoms with van der Waals surface area (Å²) in [4.78, 5) is 29.6. The molecule has 1 aliphatic heterocycles. The maximum absolute atomic E-state index is 12.8. The average Bonchev–Trinajstić information content (AvgIpc) is 2.88. The minimum atomic E-state index is -0.509. The molecule has 0 radical (unpaired) electrons. The smallest absolute Gasteiger partial charge is 0.384 e. The predicted molar refractivity (Wildman–Crippen MR) is 130 cm³/mol. The summed E-state index contributed by atoms with van der Waals surface area (Å²) in [5, 5.41) is 4.04. The van der Waals surface area contributed by atoms with Crippen LogP contribution in [0.1, 0.15) is 16.7 Å². The van der Waals surface area contributed by atoms with Crippen LogP contribution in [0.25, 0.3) is 11.0 Å². The molecule has 0 spiro atoms. The minimum absolute atomic E-state index is 0.247. The summed E-state index contributed by atoms with van der Waals surface area (Å²) in [5.41, 5.74) is 3.25. The molecule has 0 saturated carbocycles. The Balaban J connectivity index is 1.32. The van der Waals surface area contributed by atoms with Gasteiger partial charge in [0.25, 0.3) is 0 Å². The van der Waals surface area contributed by atoms with Gasteiger partial charge in [0.1, 0.15) is 12.4 Å². The van der Waals surface area contributed by atoms with Gasteiger partial charge in [0, 0.05) is 32.4 Å². The Hall–Kier alpha value is -3.75. The lowest BCUT2D eigenvalue weighted by Crippen LogP contribution is -2.35. The van der Waals surface area contributed by atoms with Crippen molar-refractivity contribution in [3.05, 3.63) is 100 Å². The van der Waals surface area contributed by atoms with E-state index in [0.717, 1.165) is 54.1 Å². The second-order valence-electron chi connectivity index (χ2n) is 8.23. The van der Waals surface area contributed by atoms with Crippen molar-refractivity contribution in [3.63, 3.8) is 0 Å². The molecule has 0 unspecified atom stereocenters. The van der Waals surface area contributed by atoms with Crippen LogP contribution in [-0.4, -0.2) is 45.9 Å². The van der Waals surface area contributed by atoms with E-state index in [9.17, 15) is 4.79 Å². The summed E-state index contributed by atoms with van der Waals surface area (Å²) < 4.78 is 6.60. The van der Waals surface area contributed by atoms with Gasteiger partial charge >= 0.3 is 5.69 Å². The molecule has 0 amide bonds. The molecule has 0 bridgehead atoms. The molecule has 1 aliphatic rings. The lowest BCUT2D eigenvalue weighted by atomic mass is 10.1. The zero-order chi connectivity index (χ0) is 23.2. The van der Waals surface area contributed by atoms with E-state index in [2.05, 4.69) is 44.5 Å². The zero-order valence-corrected chi connectivity index (χ0v) is 18.9. The number of rotatable bonds is 8. The van der Waals surface area contributed by atoms with Gasteiger partial charge in [0.05, 0.1) is 18.6 Å². The predicted octanol–water partition coefficient (Wildman–Crippen LogP) is 2.86. The van der Waals surface area contributed by atoms with Crippen LogP contribution in [0.5, 0.6) is 0 Å². The van der Waals surface area contributed by atoms with Gasteiger partial charge in [-0.1, -0.05) is 54.6 Å². The first-order valence-electron chi connectivity index (χ1n) is 11.4. The molecule has 4 aromatic rings. The first-order chi connectivity index (χ1) is 16.8. The molecular weight excluding hydrogens is 430 g/mol. The van der Waals surface area contributed by atoms with Gasteiger partial charge in [-0.05, 0) is 28.8 Å². The topological polar surface area (TPSA) is 81.5 Å². The molecule has 5 rings (SSSR count). The van der Waals surface area contributed by atoms with E-state index in [4.69, 9.17) is 9.57 Å². The van der Waals surface area contributed by atoms with Gasteiger partial charge in [-0.25, -0.2) is 9.78 Å². The van der Waals surface area contributed by atoms with Crippen molar-refractivity contribution in [1.82, 2.24) is 19.6 Å². The number of aromatic nitrogens is 3. The maximum atomic E-state index is 12.8.